The Hall–Kier alpha value is -0.790. The maximum Gasteiger partial charge on any atom is 0.328 e. The number of carboxylic acid groups (broad SMARTS) is 1. The van der Waals surface area contributed by atoms with Gasteiger partial charge in [0.25, 0.3) is 0 Å². The van der Waals surface area contributed by atoms with E-state index < -0.39 is 5.97 Å². The lowest BCUT2D eigenvalue weighted by molar-refractivity contribution is -0.131. The summed E-state index contributed by atoms with van der Waals surface area (Å²) in [6, 6.07) is 0. The predicted molar refractivity (Wildman–Crippen MR) is 68.9 cm³/mol. The van der Waals surface area contributed by atoms with Crippen molar-refractivity contribution in [3.8, 4) is 0 Å². The van der Waals surface area contributed by atoms with Crippen LogP contribution in [0.3, 0.4) is 0 Å². The Balaban J connectivity index is 2.08. The van der Waals surface area contributed by atoms with E-state index in [0.29, 0.717) is 11.8 Å². The van der Waals surface area contributed by atoms with E-state index in [4.69, 9.17) is 5.11 Å². The Labute approximate surface area is 104 Å². The van der Waals surface area contributed by atoms with Gasteiger partial charge < -0.3 is 5.11 Å². The molecule has 0 heterocycles. The molecule has 96 valence electrons. The van der Waals surface area contributed by atoms with Crippen LogP contribution in [-0.4, -0.2) is 11.1 Å². The van der Waals surface area contributed by atoms with Crippen molar-refractivity contribution in [2.75, 3.05) is 0 Å². The second-order valence-electron chi connectivity index (χ2n) is 5.65. The molecule has 0 aromatic rings. The molecule has 2 aliphatic carbocycles. The largest absolute Gasteiger partial charge is 0.478 e. The number of rotatable bonds is 3. The lowest BCUT2D eigenvalue weighted by atomic mass is 9.73. The highest BCUT2D eigenvalue weighted by Gasteiger charge is 2.26. The molecule has 2 fully saturated rings. The highest BCUT2D eigenvalue weighted by molar-refractivity contribution is 5.80. The monoisotopic (exact) mass is 236 g/mol. The molecule has 2 saturated carbocycles. The molecule has 0 saturated heterocycles. The van der Waals surface area contributed by atoms with Crippen molar-refractivity contribution >= 4 is 5.97 Å². The number of carbonyl (C=O) groups is 1. The first-order chi connectivity index (χ1) is 8.27. The number of allylic oxidation sites excluding steroid dienone is 1. The van der Waals surface area contributed by atoms with E-state index in [1.807, 2.05) is 0 Å². The van der Waals surface area contributed by atoms with Gasteiger partial charge in [0.1, 0.15) is 0 Å². The van der Waals surface area contributed by atoms with E-state index >= 15 is 0 Å². The lowest BCUT2D eigenvalue weighted by Crippen LogP contribution is -2.19. The molecule has 2 aliphatic rings. The van der Waals surface area contributed by atoms with Gasteiger partial charge >= 0.3 is 5.97 Å². The zero-order valence-corrected chi connectivity index (χ0v) is 10.7. The average molecular weight is 236 g/mol. The van der Waals surface area contributed by atoms with Crippen molar-refractivity contribution in [3.05, 3.63) is 11.6 Å². The number of hydrogen-bond acceptors (Lipinski definition) is 1. The fourth-order valence-corrected chi connectivity index (χ4v) is 3.58. The van der Waals surface area contributed by atoms with Crippen LogP contribution in [0, 0.1) is 11.8 Å². The minimum absolute atomic E-state index is 0.572. The molecule has 0 aliphatic heterocycles. The fraction of sp³-hybridized carbons (Fsp3) is 0.800. The van der Waals surface area contributed by atoms with Crippen LogP contribution in [0.2, 0.25) is 0 Å². The minimum atomic E-state index is -0.740. The summed E-state index contributed by atoms with van der Waals surface area (Å²) in [5.41, 5.74) is 1.27. The normalized spacial score (nSPS) is 23.3. The van der Waals surface area contributed by atoms with Gasteiger partial charge in [-0.2, -0.15) is 0 Å². The molecule has 2 rings (SSSR count). The third-order valence-electron chi connectivity index (χ3n) is 4.44. The third kappa shape index (κ3) is 3.58. The Kier molecular flexibility index (Phi) is 4.64. The van der Waals surface area contributed by atoms with Crippen LogP contribution in [-0.2, 0) is 4.79 Å². The summed E-state index contributed by atoms with van der Waals surface area (Å²) in [5.74, 6) is 0.405. The Morgan fingerprint density at radius 1 is 0.824 bits per heavy atom. The van der Waals surface area contributed by atoms with E-state index in [1.54, 1.807) is 6.08 Å². The Morgan fingerprint density at radius 3 is 1.59 bits per heavy atom. The van der Waals surface area contributed by atoms with Crippen LogP contribution >= 0.6 is 0 Å². The van der Waals surface area contributed by atoms with Crippen molar-refractivity contribution in [2.24, 2.45) is 11.8 Å². The standard InChI is InChI=1S/C15H24O2/c16-15(17)11-14(12-7-3-1-4-8-12)13-9-5-2-6-10-13/h11-13H,1-10H2,(H,16,17). The highest BCUT2D eigenvalue weighted by Crippen LogP contribution is 2.39. The maximum atomic E-state index is 11.0. The fourth-order valence-electron chi connectivity index (χ4n) is 3.58. The molecule has 0 bridgehead atoms. The third-order valence-corrected chi connectivity index (χ3v) is 4.44. The minimum Gasteiger partial charge on any atom is -0.478 e. The molecule has 0 amide bonds. The molecular weight excluding hydrogens is 212 g/mol. The van der Waals surface area contributed by atoms with Gasteiger partial charge in [0, 0.05) is 6.08 Å². The zero-order valence-electron chi connectivity index (χ0n) is 10.7. The molecule has 0 aromatic heterocycles. The van der Waals surface area contributed by atoms with Gasteiger partial charge in [-0.3, -0.25) is 0 Å². The predicted octanol–water partition coefficient (Wildman–Crippen LogP) is 4.16. The van der Waals surface area contributed by atoms with Crippen LogP contribution in [0.25, 0.3) is 0 Å². The molecule has 0 atom stereocenters. The topological polar surface area (TPSA) is 37.3 Å². The molecule has 0 aromatic carbocycles. The quantitative estimate of drug-likeness (QED) is 0.747. The Bertz CT molecular complexity index is 261. The molecule has 2 heteroatoms. The molecule has 1 N–H and O–H groups in total. The first-order valence-corrected chi connectivity index (χ1v) is 7.22. The van der Waals surface area contributed by atoms with Crippen LogP contribution in [0.5, 0.6) is 0 Å². The van der Waals surface area contributed by atoms with Gasteiger partial charge in [-0.05, 0) is 37.5 Å². The molecule has 0 radical (unpaired) electrons. The van der Waals surface area contributed by atoms with Crippen molar-refractivity contribution in [2.45, 2.75) is 64.2 Å². The molecule has 0 spiro atoms. The molecule has 17 heavy (non-hydrogen) atoms. The Morgan fingerprint density at radius 2 is 1.24 bits per heavy atom. The van der Waals surface area contributed by atoms with Crippen molar-refractivity contribution in [1.29, 1.82) is 0 Å². The van der Waals surface area contributed by atoms with Crippen molar-refractivity contribution in [3.63, 3.8) is 0 Å². The van der Waals surface area contributed by atoms with Gasteiger partial charge in [0.2, 0.25) is 0 Å². The summed E-state index contributed by atoms with van der Waals surface area (Å²) >= 11 is 0. The van der Waals surface area contributed by atoms with E-state index in [-0.39, 0.29) is 0 Å². The molecule has 2 nitrogen and oxygen atoms in total. The van der Waals surface area contributed by atoms with Crippen LogP contribution in [0.4, 0.5) is 0 Å². The van der Waals surface area contributed by atoms with Gasteiger partial charge in [-0.25, -0.2) is 4.79 Å². The summed E-state index contributed by atoms with van der Waals surface area (Å²) in [7, 11) is 0. The number of hydrogen-bond donors (Lipinski definition) is 1. The smallest absolute Gasteiger partial charge is 0.328 e. The lowest BCUT2D eigenvalue weighted by Gasteiger charge is -2.32. The number of carboxylic acids is 1. The second-order valence-corrected chi connectivity index (χ2v) is 5.65. The van der Waals surface area contributed by atoms with Crippen molar-refractivity contribution in [1.82, 2.24) is 0 Å². The van der Waals surface area contributed by atoms with Crippen LogP contribution in [0.15, 0.2) is 11.6 Å². The number of aliphatic carboxylic acids is 1. The van der Waals surface area contributed by atoms with E-state index in [0.717, 1.165) is 0 Å². The van der Waals surface area contributed by atoms with E-state index in [1.165, 1.54) is 69.8 Å². The van der Waals surface area contributed by atoms with Gasteiger partial charge in [-0.15, -0.1) is 0 Å². The highest BCUT2D eigenvalue weighted by atomic mass is 16.4. The van der Waals surface area contributed by atoms with Gasteiger partial charge in [0.05, 0.1) is 0 Å². The summed E-state index contributed by atoms with van der Waals surface area (Å²) in [4.78, 5) is 11.0. The van der Waals surface area contributed by atoms with Crippen LogP contribution < -0.4 is 0 Å². The van der Waals surface area contributed by atoms with Crippen molar-refractivity contribution < 1.29 is 9.90 Å². The second kappa shape index (κ2) is 6.23. The SMILES string of the molecule is O=C(O)C=C(C1CCCCC1)C1CCCCC1. The van der Waals surface area contributed by atoms with Gasteiger partial charge in [0.15, 0.2) is 0 Å². The first kappa shape index (κ1) is 12.7. The summed E-state index contributed by atoms with van der Waals surface area (Å²) < 4.78 is 0. The molecular formula is C15H24O2. The summed E-state index contributed by atoms with van der Waals surface area (Å²) in [6.07, 6.45) is 14.2. The summed E-state index contributed by atoms with van der Waals surface area (Å²) in [5, 5.41) is 9.07. The summed E-state index contributed by atoms with van der Waals surface area (Å²) in [6.45, 7) is 0. The van der Waals surface area contributed by atoms with E-state index in [9.17, 15) is 4.79 Å². The zero-order chi connectivity index (χ0) is 12.1. The maximum absolute atomic E-state index is 11.0. The molecule has 0 unspecified atom stereocenters. The van der Waals surface area contributed by atoms with E-state index in [2.05, 4.69) is 0 Å². The average Bonchev–Trinajstić information content (AvgIpc) is 2.38. The van der Waals surface area contributed by atoms with Gasteiger partial charge in [-0.1, -0.05) is 44.1 Å². The van der Waals surface area contributed by atoms with Crippen LogP contribution in [0.1, 0.15) is 64.2 Å². The first-order valence-electron chi connectivity index (χ1n) is 7.22.